The number of ether oxygens (including phenoxy) is 1. The first kappa shape index (κ1) is 17.0. The topological polar surface area (TPSA) is 59.1 Å². The molecule has 3 rings (SSSR count). The molecule has 0 spiro atoms. The quantitative estimate of drug-likeness (QED) is 0.665. The van der Waals surface area contributed by atoms with Crippen LogP contribution in [0.25, 0.3) is 0 Å². The van der Waals surface area contributed by atoms with Gasteiger partial charge in [-0.05, 0) is 25.1 Å². The molecule has 6 heteroatoms. The van der Waals surface area contributed by atoms with Gasteiger partial charge in [0.05, 0.1) is 17.8 Å². The second-order valence-corrected chi connectivity index (χ2v) is 5.86. The van der Waals surface area contributed by atoms with E-state index >= 15 is 0 Å². The van der Waals surface area contributed by atoms with Crippen molar-refractivity contribution in [1.29, 1.82) is 0 Å². The number of halogens is 1. The van der Waals surface area contributed by atoms with E-state index in [1.165, 1.54) is 0 Å². The normalized spacial score (nSPS) is 10.4. The fraction of sp³-hybridized carbons (Fsp3) is 0.158. The van der Waals surface area contributed by atoms with Crippen LogP contribution in [0.5, 0.6) is 5.75 Å². The lowest BCUT2D eigenvalue weighted by atomic mass is 10.2. The summed E-state index contributed by atoms with van der Waals surface area (Å²) in [5.41, 5.74) is 1.86. The molecule has 1 heterocycles. The summed E-state index contributed by atoms with van der Waals surface area (Å²) in [7, 11) is 1.67. The number of hydrogen-bond acceptors (Lipinski definition) is 5. The number of hydrogen-bond donors (Lipinski definition) is 2. The summed E-state index contributed by atoms with van der Waals surface area (Å²) >= 11 is 6.19. The number of para-hydroxylation sites is 2. The SMILES string of the molecule is COc1ccccc1CNc1cc(Nc2ccccc2Cl)nc(C)n1. The van der Waals surface area contributed by atoms with E-state index in [0.29, 0.717) is 23.2 Å². The fourth-order valence-electron chi connectivity index (χ4n) is 2.46. The first-order valence-corrected chi connectivity index (χ1v) is 8.26. The average molecular weight is 355 g/mol. The Bertz CT molecular complexity index is 870. The first-order chi connectivity index (χ1) is 12.2. The third-order valence-electron chi connectivity index (χ3n) is 3.63. The van der Waals surface area contributed by atoms with Crippen molar-refractivity contribution in [1.82, 2.24) is 9.97 Å². The molecule has 0 radical (unpaired) electrons. The molecule has 128 valence electrons. The molecule has 0 bridgehead atoms. The van der Waals surface area contributed by atoms with Crippen LogP contribution in [0.1, 0.15) is 11.4 Å². The standard InChI is InChI=1S/C19H19ClN4O/c1-13-22-18(21-12-14-7-3-6-10-17(14)25-2)11-19(23-13)24-16-9-5-4-8-15(16)20/h3-11H,12H2,1-2H3,(H2,21,22,23,24). The Labute approximate surface area is 152 Å². The van der Waals surface area contributed by atoms with Gasteiger partial charge in [0.2, 0.25) is 0 Å². The van der Waals surface area contributed by atoms with E-state index in [1.807, 2.05) is 61.5 Å². The molecule has 2 aromatic carbocycles. The Morgan fingerprint density at radius 2 is 1.72 bits per heavy atom. The molecular weight excluding hydrogens is 336 g/mol. The van der Waals surface area contributed by atoms with Crippen molar-refractivity contribution in [3.8, 4) is 5.75 Å². The van der Waals surface area contributed by atoms with E-state index in [-0.39, 0.29) is 0 Å². The largest absolute Gasteiger partial charge is 0.496 e. The van der Waals surface area contributed by atoms with Crippen molar-refractivity contribution in [3.63, 3.8) is 0 Å². The summed E-state index contributed by atoms with van der Waals surface area (Å²) in [6.45, 7) is 2.46. The van der Waals surface area contributed by atoms with Gasteiger partial charge in [-0.25, -0.2) is 9.97 Å². The van der Waals surface area contributed by atoms with Gasteiger partial charge in [0.25, 0.3) is 0 Å². The molecule has 2 N–H and O–H groups in total. The first-order valence-electron chi connectivity index (χ1n) is 7.88. The summed E-state index contributed by atoms with van der Waals surface area (Å²) in [6, 6.07) is 17.3. The van der Waals surface area contributed by atoms with Crippen LogP contribution >= 0.6 is 11.6 Å². The Morgan fingerprint density at radius 3 is 2.52 bits per heavy atom. The number of anilines is 3. The maximum Gasteiger partial charge on any atom is 0.136 e. The van der Waals surface area contributed by atoms with Crippen LogP contribution in [0.4, 0.5) is 17.3 Å². The number of nitrogens with one attached hydrogen (secondary N) is 2. The molecule has 0 saturated heterocycles. The zero-order valence-corrected chi connectivity index (χ0v) is 14.8. The van der Waals surface area contributed by atoms with Gasteiger partial charge in [0, 0.05) is 18.2 Å². The van der Waals surface area contributed by atoms with Gasteiger partial charge < -0.3 is 15.4 Å². The number of benzene rings is 2. The summed E-state index contributed by atoms with van der Waals surface area (Å²) in [5, 5.41) is 7.18. The highest BCUT2D eigenvalue weighted by Crippen LogP contribution is 2.25. The predicted octanol–water partition coefficient (Wildman–Crippen LogP) is 4.80. The van der Waals surface area contributed by atoms with E-state index in [9.17, 15) is 0 Å². The Balaban J connectivity index is 1.76. The molecule has 0 amide bonds. The van der Waals surface area contributed by atoms with E-state index in [0.717, 1.165) is 22.8 Å². The van der Waals surface area contributed by atoms with Gasteiger partial charge >= 0.3 is 0 Å². The van der Waals surface area contributed by atoms with Crippen molar-refractivity contribution in [2.24, 2.45) is 0 Å². The number of methoxy groups -OCH3 is 1. The van der Waals surface area contributed by atoms with Crippen LogP contribution in [-0.2, 0) is 6.54 Å². The molecule has 0 fully saturated rings. The molecule has 0 saturated carbocycles. The minimum absolute atomic E-state index is 0.603. The smallest absolute Gasteiger partial charge is 0.136 e. The molecule has 0 aliphatic rings. The molecular formula is C19H19ClN4O. The third-order valence-corrected chi connectivity index (χ3v) is 3.96. The van der Waals surface area contributed by atoms with Crippen LogP contribution in [-0.4, -0.2) is 17.1 Å². The van der Waals surface area contributed by atoms with Crippen LogP contribution in [0.3, 0.4) is 0 Å². The van der Waals surface area contributed by atoms with Gasteiger partial charge in [-0.15, -0.1) is 0 Å². The monoisotopic (exact) mass is 354 g/mol. The molecule has 3 aromatic rings. The Morgan fingerprint density at radius 1 is 1.00 bits per heavy atom. The highest BCUT2D eigenvalue weighted by atomic mass is 35.5. The highest BCUT2D eigenvalue weighted by Gasteiger charge is 2.06. The van der Waals surface area contributed by atoms with E-state index in [1.54, 1.807) is 7.11 Å². The Kier molecular flexibility index (Phi) is 5.36. The van der Waals surface area contributed by atoms with Crippen LogP contribution in [0.15, 0.2) is 54.6 Å². The van der Waals surface area contributed by atoms with Gasteiger partial charge in [-0.3, -0.25) is 0 Å². The highest BCUT2D eigenvalue weighted by molar-refractivity contribution is 6.33. The lowest BCUT2D eigenvalue weighted by Crippen LogP contribution is -2.06. The van der Waals surface area contributed by atoms with Crippen molar-refractivity contribution >= 4 is 28.9 Å². The summed E-state index contributed by atoms with van der Waals surface area (Å²) in [6.07, 6.45) is 0. The van der Waals surface area contributed by atoms with E-state index < -0.39 is 0 Å². The van der Waals surface area contributed by atoms with Gasteiger partial charge in [0.15, 0.2) is 0 Å². The fourth-order valence-corrected chi connectivity index (χ4v) is 2.64. The molecule has 0 aliphatic heterocycles. The van der Waals surface area contributed by atoms with Gasteiger partial charge in [-0.2, -0.15) is 0 Å². The van der Waals surface area contributed by atoms with Crippen molar-refractivity contribution in [2.75, 3.05) is 17.7 Å². The summed E-state index contributed by atoms with van der Waals surface area (Å²) < 4.78 is 5.37. The lowest BCUT2D eigenvalue weighted by molar-refractivity contribution is 0.410. The van der Waals surface area contributed by atoms with Gasteiger partial charge in [-0.1, -0.05) is 41.9 Å². The van der Waals surface area contributed by atoms with Crippen molar-refractivity contribution in [2.45, 2.75) is 13.5 Å². The average Bonchev–Trinajstić information content (AvgIpc) is 2.62. The number of nitrogens with zero attached hydrogens (tertiary/aromatic N) is 2. The van der Waals surface area contributed by atoms with Crippen molar-refractivity contribution in [3.05, 3.63) is 71.0 Å². The number of aromatic nitrogens is 2. The van der Waals surface area contributed by atoms with E-state index in [4.69, 9.17) is 16.3 Å². The van der Waals surface area contributed by atoms with Crippen molar-refractivity contribution < 1.29 is 4.74 Å². The zero-order valence-electron chi connectivity index (χ0n) is 14.1. The molecule has 25 heavy (non-hydrogen) atoms. The maximum absolute atomic E-state index is 6.19. The second kappa shape index (κ2) is 7.85. The van der Waals surface area contributed by atoms with Crippen LogP contribution in [0.2, 0.25) is 5.02 Å². The maximum atomic E-state index is 6.19. The van der Waals surface area contributed by atoms with E-state index in [2.05, 4.69) is 20.6 Å². The molecule has 0 aliphatic carbocycles. The third kappa shape index (κ3) is 4.39. The van der Waals surface area contributed by atoms with Crippen LogP contribution in [0, 0.1) is 6.92 Å². The lowest BCUT2D eigenvalue weighted by Gasteiger charge is -2.12. The molecule has 0 unspecified atom stereocenters. The molecule has 5 nitrogen and oxygen atoms in total. The minimum atomic E-state index is 0.603. The number of aryl methyl sites for hydroxylation is 1. The molecule has 0 atom stereocenters. The molecule has 1 aromatic heterocycles. The summed E-state index contributed by atoms with van der Waals surface area (Å²) in [4.78, 5) is 8.85. The minimum Gasteiger partial charge on any atom is -0.496 e. The van der Waals surface area contributed by atoms with Crippen LogP contribution < -0.4 is 15.4 Å². The number of rotatable bonds is 6. The van der Waals surface area contributed by atoms with Gasteiger partial charge in [0.1, 0.15) is 23.2 Å². The zero-order chi connectivity index (χ0) is 17.6. The Hall–Kier alpha value is -2.79. The summed E-state index contributed by atoms with van der Waals surface area (Å²) in [5.74, 6) is 2.92. The second-order valence-electron chi connectivity index (χ2n) is 5.46. The predicted molar refractivity (Wildman–Crippen MR) is 102 cm³/mol.